The normalized spacial score (nSPS) is 10.6. The Morgan fingerprint density at radius 1 is 1.38 bits per heavy atom. The summed E-state index contributed by atoms with van der Waals surface area (Å²) < 4.78 is 0. The van der Waals surface area contributed by atoms with Crippen LogP contribution in [-0.4, -0.2) is 41.3 Å². The number of nitrogens with zero attached hydrogens (tertiary/aromatic N) is 2. The van der Waals surface area contributed by atoms with Crippen LogP contribution < -0.4 is 11.1 Å². The van der Waals surface area contributed by atoms with Crippen LogP contribution in [0.5, 0.6) is 0 Å². The number of thiophene rings is 1. The molecule has 0 radical (unpaired) electrons. The minimum atomic E-state index is -0.337. The molecule has 0 fully saturated rings. The molecule has 2 amide bonds. The number of fused-ring (bicyclic) bond motifs is 1. The molecule has 0 aliphatic carbocycles. The van der Waals surface area contributed by atoms with Crippen molar-refractivity contribution in [2.24, 2.45) is 0 Å². The third kappa shape index (κ3) is 3.13. The molecule has 2 aromatic rings. The molecular weight excluding hydrogens is 288 g/mol. The Labute approximate surface area is 127 Å². The van der Waals surface area contributed by atoms with Gasteiger partial charge in [0.1, 0.15) is 9.71 Å². The number of anilines is 1. The predicted octanol–water partition coefficient (Wildman–Crippen LogP) is 1.48. The van der Waals surface area contributed by atoms with Gasteiger partial charge in [0, 0.05) is 24.7 Å². The van der Waals surface area contributed by atoms with Gasteiger partial charge in [-0.15, -0.1) is 11.3 Å². The minimum absolute atomic E-state index is 0.0262. The smallest absolute Gasteiger partial charge is 0.264 e. The van der Waals surface area contributed by atoms with Gasteiger partial charge in [-0.05, 0) is 26.0 Å². The summed E-state index contributed by atoms with van der Waals surface area (Å²) in [5.74, 6) is -0.442. The summed E-state index contributed by atoms with van der Waals surface area (Å²) in [6, 6.07) is 3.60. The van der Waals surface area contributed by atoms with Crippen LogP contribution >= 0.6 is 11.3 Å². The monoisotopic (exact) mass is 306 g/mol. The topological polar surface area (TPSA) is 88.3 Å². The fourth-order valence-electron chi connectivity index (χ4n) is 2.04. The first kappa shape index (κ1) is 15.2. The lowest BCUT2D eigenvalue weighted by Gasteiger charge is -2.18. The van der Waals surface area contributed by atoms with E-state index in [1.54, 1.807) is 17.2 Å². The average Bonchev–Trinajstić information content (AvgIpc) is 2.84. The van der Waals surface area contributed by atoms with E-state index in [0.29, 0.717) is 23.7 Å². The van der Waals surface area contributed by atoms with Gasteiger partial charge in [-0.25, -0.2) is 4.98 Å². The van der Waals surface area contributed by atoms with E-state index in [0.717, 1.165) is 10.2 Å². The van der Waals surface area contributed by atoms with Crippen LogP contribution in [0.4, 0.5) is 5.69 Å². The fourth-order valence-corrected chi connectivity index (χ4v) is 3.02. The number of likely N-dealkylation sites (N-methyl/N-ethyl adjacent to an activating group) is 1. The highest BCUT2D eigenvalue weighted by atomic mass is 32.1. The molecule has 0 aromatic carbocycles. The van der Waals surface area contributed by atoms with E-state index in [9.17, 15) is 9.59 Å². The molecule has 112 valence electrons. The molecule has 6 nitrogen and oxygen atoms in total. The second kappa shape index (κ2) is 6.53. The van der Waals surface area contributed by atoms with Gasteiger partial charge in [0.15, 0.2) is 0 Å². The Morgan fingerprint density at radius 3 is 2.71 bits per heavy atom. The number of hydrogen-bond donors (Lipinski definition) is 2. The number of amides is 2. The summed E-state index contributed by atoms with van der Waals surface area (Å²) in [7, 11) is 0. The molecule has 2 aromatic heterocycles. The first-order valence-electron chi connectivity index (χ1n) is 6.77. The van der Waals surface area contributed by atoms with Crippen molar-refractivity contribution in [3.63, 3.8) is 0 Å². The molecule has 21 heavy (non-hydrogen) atoms. The van der Waals surface area contributed by atoms with Crippen molar-refractivity contribution < 1.29 is 9.59 Å². The summed E-state index contributed by atoms with van der Waals surface area (Å²) in [6.45, 7) is 5.03. The maximum atomic E-state index is 12.2. The van der Waals surface area contributed by atoms with Crippen LogP contribution in [0.15, 0.2) is 18.3 Å². The lowest BCUT2D eigenvalue weighted by Crippen LogP contribution is -2.39. The third-order valence-corrected chi connectivity index (χ3v) is 4.36. The first-order chi connectivity index (χ1) is 10.1. The SMILES string of the molecule is CCN(CC)C(=O)CNC(=O)c1sc2ncccc2c1N. The molecule has 0 aliphatic rings. The second-order valence-electron chi connectivity index (χ2n) is 4.45. The van der Waals surface area contributed by atoms with Crippen molar-refractivity contribution in [2.75, 3.05) is 25.4 Å². The van der Waals surface area contributed by atoms with Crippen molar-refractivity contribution in [3.8, 4) is 0 Å². The molecule has 0 saturated heterocycles. The molecule has 0 spiro atoms. The zero-order valence-corrected chi connectivity index (χ0v) is 12.9. The van der Waals surface area contributed by atoms with Crippen LogP contribution in [0.25, 0.3) is 10.2 Å². The van der Waals surface area contributed by atoms with Gasteiger partial charge in [0.05, 0.1) is 12.2 Å². The summed E-state index contributed by atoms with van der Waals surface area (Å²) >= 11 is 1.23. The number of nitrogen functional groups attached to an aromatic ring is 1. The van der Waals surface area contributed by atoms with Crippen LogP contribution in [0.3, 0.4) is 0 Å². The van der Waals surface area contributed by atoms with Gasteiger partial charge in [0.25, 0.3) is 5.91 Å². The Balaban J connectivity index is 2.09. The van der Waals surface area contributed by atoms with Crippen molar-refractivity contribution >= 4 is 39.1 Å². The Hall–Kier alpha value is -2.15. The summed E-state index contributed by atoms with van der Waals surface area (Å²) in [4.78, 5) is 31.0. The van der Waals surface area contributed by atoms with Gasteiger partial charge in [0.2, 0.25) is 5.91 Å². The molecule has 0 atom stereocenters. The summed E-state index contributed by atoms with van der Waals surface area (Å²) in [6.07, 6.45) is 1.66. The van der Waals surface area contributed by atoms with Crippen LogP contribution in [0.2, 0.25) is 0 Å². The molecule has 0 bridgehead atoms. The second-order valence-corrected chi connectivity index (χ2v) is 5.45. The van der Waals surface area contributed by atoms with Crippen molar-refractivity contribution in [2.45, 2.75) is 13.8 Å². The lowest BCUT2D eigenvalue weighted by molar-refractivity contribution is -0.129. The number of carbonyl (C=O) groups excluding carboxylic acids is 2. The maximum Gasteiger partial charge on any atom is 0.264 e. The maximum absolute atomic E-state index is 12.2. The van der Waals surface area contributed by atoms with E-state index >= 15 is 0 Å². The van der Waals surface area contributed by atoms with Gasteiger partial charge in [-0.2, -0.15) is 0 Å². The van der Waals surface area contributed by atoms with E-state index in [1.165, 1.54) is 11.3 Å². The minimum Gasteiger partial charge on any atom is -0.397 e. The van der Waals surface area contributed by atoms with Gasteiger partial charge in [-0.3, -0.25) is 9.59 Å². The quantitative estimate of drug-likeness (QED) is 0.875. The van der Waals surface area contributed by atoms with E-state index in [4.69, 9.17) is 5.73 Å². The molecular formula is C14H18N4O2S. The highest BCUT2D eigenvalue weighted by molar-refractivity contribution is 7.21. The number of rotatable bonds is 5. The zero-order chi connectivity index (χ0) is 15.4. The van der Waals surface area contributed by atoms with Crippen molar-refractivity contribution in [1.82, 2.24) is 15.2 Å². The van der Waals surface area contributed by atoms with Gasteiger partial charge in [-0.1, -0.05) is 0 Å². The molecule has 0 unspecified atom stereocenters. The summed E-state index contributed by atoms with van der Waals surface area (Å²) in [5.41, 5.74) is 6.39. The molecule has 2 heterocycles. The van der Waals surface area contributed by atoms with Crippen LogP contribution in [-0.2, 0) is 4.79 Å². The Bertz CT molecular complexity index is 664. The highest BCUT2D eigenvalue weighted by Gasteiger charge is 2.18. The number of nitrogens with one attached hydrogen (secondary N) is 1. The van der Waals surface area contributed by atoms with E-state index in [2.05, 4.69) is 10.3 Å². The Morgan fingerprint density at radius 2 is 2.10 bits per heavy atom. The number of carbonyl (C=O) groups is 2. The number of aromatic nitrogens is 1. The predicted molar refractivity (Wildman–Crippen MR) is 84.3 cm³/mol. The van der Waals surface area contributed by atoms with E-state index in [-0.39, 0.29) is 18.4 Å². The largest absolute Gasteiger partial charge is 0.397 e. The highest BCUT2D eigenvalue weighted by Crippen LogP contribution is 2.31. The molecule has 0 aliphatic heterocycles. The molecule has 0 saturated carbocycles. The average molecular weight is 306 g/mol. The summed E-state index contributed by atoms with van der Waals surface area (Å²) in [5, 5.41) is 3.39. The van der Waals surface area contributed by atoms with E-state index < -0.39 is 0 Å². The zero-order valence-electron chi connectivity index (χ0n) is 12.0. The van der Waals surface area contributed by atoms with Gasteiger partial charge < -0.3 is 16.0 Å². The standard InChI is InChI=1S/C14H18N4O2S/c1-3-18(4-2)10(19)8-17-13(20)12-11(15)9-6-5-7-16-14(9)21-12/h5-7H,3-4,8,15H2,1-2H3,(H,17,20). The van der Waals surface area contributed by atoms with Crippen molar-refractivity contribution in [3.05, 3.63) is 23.2 Å². The van der Waals surface area contributed by atoms with Crippen molar-refractivity contribution in [1.29, 1.82) is 0 Å². The lowest BCUT2D eigenvalue weighted by atomic mass is 10.2. The van der Waals surface area contributed by atoms with Crippen LogP contribution in [0, 0.1) is 0 Å². The first-order valence-corrected chi connectivity index (χ1v) is 7.59. The molecule has 3 N–H and O–H groups in total. The van der Waals surface area contributed by atoms with Gasteiger partial charge >= 0.3 is 0 Å². The fraction of sp³-hybridized carbons (Fsp3) is 0.357. The molecule has 7 heteroatoms. The Kier molecular flexibility index (Phi) is 4.74. The van der Waals surface area contributed by atoms with Crippen LogP contribution in [0.1, 0.15) is 23.5 Å². The molecule has 2 rings (SSSR count). The number of pyridine rings is 1. The third-order valence-electron chi connectivity index (χ3n) is 3.23. The number of hydrogen-bond acceptors (Lipinski definition) is 5. The number of nitrogens with two attached hydrogens (primary N) is 1. The van der Waals surface area contributed by atoms with E-state index in [1.807, 2.05) is 19.9 Å².